The molecule has 2 rings (SSSR count). The maximum absolute atomic E-state index is 12.3. The Hall–Kier alpha value is -2.31. The van der Waals surface area contributed by atoms with Crippen molar-refractivity contribution < 1.29 is 31.1 Å². The number of carbonyl (C=O) groups excluding carboxylic acids is 1. The van der Waals surface area contributed by atoms with E-state index in [1.807, 2.05) is 30.3 Å². The van der Waals surface area contributed by atoms with Gasteiger partial charge in [0, 0.05) is 18.4 Å². The van der Waals surface area contributed by atoms with E-state index in [4.69, 9.17) is 0 Å². The molecule has 7 heteroatoms. The number of hydrogen-bond acceptors (Lipinski definition) is 1. The monoisotopic (exact) mass is 570 g/mol. The number of carbonyl (C=O) groups is 1. The number of rotatable bonds is 20. The molecular weight excluding hydrogens is 526 g/mol. The fraction of sp³-hybridized carbons (Fsp3) is 0.606. The minimum atomic E-state index is -4.07. The highest BCUT2D eigenvalue weighted by atomic mass is 19.4. The lowest BCUT2D eigenvalue weighted by Crippen LogP contribution is -2.06. The molecule has 0 aliphatic heterocycles. The third-order valence-corrected chi connectivity index (χ3v) is 7.45. The van der Waals surface area contributed by atoms with Crippen LogP contribution in [-0.2, 0) is 12.8 Å². The first-order chi connectivity index (χ1) is 19.1. The molecule has 0 aliphatic carbocycles. The highest BCUT2D eigenvalue weighted by Gasteiger charge is 2.26. The van der Waals surface area contributed by atoms with E-state index in [1.165, 1.54) is 5.56 Å². The zero-order chi connectivity index (χ0) is 29.3. The summed E-state index contributed by atoms with van der Waals surface area (Å²) in [5.74, 6) is 0. The summed E-state index contributed by atoms with van der Waals surface area (Å²) < 4.78 is 73.7. The van der Waals surface area contributed by atoms with Gasteiger partial charge in [0.2, 0.25) is 0 Å². The molecule has 2 aromatic rings. The average Bonchev–Trinajstić information content (AvgIpc) is 2.90. The summed E-state index contributed by atoms with van der Waals surface area (Å²) in [6, 6.07) is 14.0. The van der Waals surface area contributed by atoms with Crippen LogP contribution in [-0.4, -0.2) is 18.6 Å². The van der Waals surface area contributed by atoms with Crippen LogP contribution in [0.2, 0.25) is 0 Å². The Morgan fingerprint density at radius 1 is 0.500 bits per heavy atom. The van der Waals surface area contributed by atoms with E-state index < -0.39 is 25.2 Å². The second kappa shape index (κ2) is 18.2. The summed E-state index contributed by atoms with van der Waals surface area (Å²) in [5.41, 5.74) is 5.26. The van der Waals surface area contributed by atoms with Gasteiger partial charge in [0.1, 0.15) is 6.29 Å². The van der Waals surface area contributed by atoms with Crippen LogP contribution >= 0.6 is 0 Å². The van der Waals surface area contributed by atoms with E-state index in [-0.39, 0.29) is 12.8 Å². The van der Waals surface area contributed by atoms with Crippen molar-refractivity contribution in [1.29, 1.82) is 0 Å². The summed E-state index contributed by atoms with van der Waals surface area (Å²) in [7, 11) is 0. The Balaban J connectivity index is 1.90. The van der Waals surface area contributed by atoms with Crippen molar-refractivity contribution >= 4 is 6.29 Å². The van der Waals surface area contributed by atoms with E-state index in [0.29, 0.717) is 18.4 Å². The zero-order valence-electron chi connectivity index (χ0n) is 23.5. The van der Waals surface area contributed by atoms with Gasteiger partial charge in [-0.3, -0.25) is 4.79 Å². The molecule has 1 nitrogen and oxygen atoms in total. The zero-order valence-corrected chi connectivity index (χ0v) is 23.5. The van der Waals surface area contributed by atoms with Crippen molar-refractivity contribution in [3.63, 3.8) is 0 Å². The quantitative estimate of drug-likeness (QED) is 0.0879. The predicted octanol–water partition coefficient (Wildman–Crippen LogP) is 11.6. The van der Waals surface area contributed by atoms with Crippen molar-refractivity contribution in [2.45, 2.75) is 128 Å². The number of alkyl halides is 6. The van der Waals surface area contributed by atoms with Gasteiger partial charge in [0.15, 0.2) is 0 Å². The van der Waals surface area contributed by atoms with Gasteiger partial charge in [-0.05, 0) is 60.8 Å². The molecule has 2 aromatic carbocycles. The normalized spacial score (nSPS) is 12.2. The average molecular weight is 571 g/mol. The Labute approximate surface area is 235 Å². The van der Waals surface area contributed by atoms with Crippen LogP contribution in [0.1, 0.15) is 124 Å². The molecule has 0 heterocycles. The molecule has 0 aliphatic rings. The Bertz CT molecular complexity index is 965. The third-order valence-electron chi connectivity index (χ3n) is 7.45. The first-order valence-corrected chi connectivity index (χ1v) is 14.9. The Morgan fingerprint density at radius 3 is 1.38 bits per heavy atom. The van der Waals surface area contributed by atoms with Crippen molar-refractivity contribution in [3.8, 4) is 11.1 Å². The predicted molar refractivity (Wildman–Crippen MR) is 151 cm³/mol. The smallest absolute Gasteiger partial charge is 0.298 e. The first kappa shape index (κ1) is 33.9. The van der Waals surface area contributed by atoms with Gasteiger partial charge in [-0.2, -0.15) is 26.3 Å². The van der Waals surface area contributed by atoms with Gasteiger partial charge in [0.25, 0.3) is 0 Å². The van der Waals surface area contributed by atoms with Crippen LogP contribution in [0.3, 0.4) is 0 Å². The molecular formula is C33H44F6O. The lowest BCUT2D eigenvalue weighted by atomic mass is 9.86. The molecule has 0 aromatic heterocycles. The largest absolute Gasteiger partial charge is 0.389 e. The highest BCUT2D eigenvalue weighted by molar-refractivity contribution is 5.82. The van der Waals surface area contributed by atoms with Crippen molar-refractivity contribution in [2.24, 2.45) is 0 Å². The minimum Gasteiger partial charge on any atom is -0.298 e. The standard InChI is InChI=1S/C33H44F6O/c34-32(35,36)24-16-9-5-1-3-7-14-20-29-28(26-40)22-23-30(27-18-12-11-13-19-27)31(29)21-15-8-4-2-6-10-17-25-33(37,38)39/h11-13,18-19,22-23,26H,1-10,14-17,20-21,24-25H2. The van der Waals surface area contributed by atoms with Gasteiger partial charge in [-0.25, -0.2) is 0 Å². The van der Waals surface area contributed by atoms with Gasteiger partial charge < -0.3 is 0 Å². The van der Waals surface area contributed by atoms with Crippen molar-refractivity contribution in [3.05, 3.63) is 59.2 Å². The number of benzene rings is 2. The minimum absolute atomic E-state index is 0.194. The fourth-order valence-electron chi connectivity index (χ4n) is 5.31. The number of aldehydes is 1. The number of unbranched alkanes of at least 4 members (excludes halogenated alkanes) is 12. The summed E-state index contributed by atoms with van der Waals surface area (Å²) in [5, 5.41) is 0. The van der Waals surface area contributed by atoms with Gasteiger partial charge >= 0.3 is 12.4 Å². The van der Waals surface area contributed by atoms with E-state index in [1.54, 1.807) is 0 Å². The van der Waals surface area contributed by atoms with Gasteiger partial charge in [-0.15, -0.1) is 0 Å². The second-order valence-electron chi connectivity index (χ2n) is 10.8. The summed E-state index contributed by atoms with van der Waals surface area (Å²) in [6.07, 6.45) is 3.90. The van der Waals surface area contributed by atoms with Crippen LogP contribution in [0.25, 0.3) is 11.1 Å². The maximum atomic E-state index is 12.3. The van der Waals surface area contributed by atoms with Crippen LogP contribution in [0, 0.1) is 0 Å². The fourth-order valence-corrected chi connectivity index (χ4v) is 5.31. The topological polar surface area (TPSA) is 17.1 Å². The van der Waals surface area contributed by atoms with Crippen molar-refractivity contribution in [2.75, 3.05) is 0 Å². The van der Waals surface area contributed by atoms with Crippen LogP contribution < -0.4 is 0 Å². The molecule has 0 saturated carbocycles. The molecule has 0 bridgehead atoms. The van der Waals surface area contributed by atoms with Crippen LogP contribution in [0.5, 0.6) is 0 Å². The molecule has 0 amide bonds. The van der Waals surface area contributed by atoms with Crippen LogP contribution in [0.15, 0.2) is 42.5 Å². The van der Waals surface area contributed by atoms with E-state index in [0.717, 1.165) is 100 Å². The number of hydrogen-bond donors (Lipinski definition) is 0. The third kappa shape index (κ3) is 14.4. The number of halogens is 6. The molecule has 0 N–H and O–H groups in total. The molecule has 0 spiro atoms. The molecule has 224 valence electrons. The lowest BCUT2D eigenvalue weighted by molar-refractivity contribution is -0.136. The maximum Gasteiger partial charge on any atom is 0.389 e. The summed E-state index contributed by atoms with van der Waals surface area (Å²) in [4.78, 5) is 11.9. The lowest BCUT2D eigenvalue weighted by Gasteiger charge is -2.18. The van der Waals surface area contributed by atoms with Crippen molar-refractivity contribution in [1.82, 2.24) is 0 Å². The Kier molecular flexibility index (Phi) is 15.4. The highest BCUT2D eigenvalue weighted by Crippen LogP contribution is 2.31. The molecule has 0 radical (unpaired) electrons. The van der Waals surface area contributed by atoms with Gasteiger partial charge in [-0.1, -0.05) is 107 Å². The van der Waals surface area contributed by atoms with E-state index >= 15 is 0 Å². The Morgan fingerprint density at radius 2 is 0.925 bits per heavy atom. The SMILES string of the molecule is O=Cc1ccc(-c2ccccc2)c(CCCCCCCCCC(F)(F)F)c1CCCCCCCCCC(F)(F)F. The summed E-state index contributed by atoms with van der Waals surface area (Å²) >= 11 is 0. The van der Waals surface area contributed by atoms with E-state index in [9.17, 15) is 31.1 Å². The molecule has 0 atom stereocenters. The molecule has 0 saturated heterocycles. The molecule has 0 fully saturated rings. The second-order valence-corrected chi connectivity index (χ2v) is 10.8. The first-order valence-electron chi connectivity index (χ1n) is 14.9. The van der Waals surface area contributed by atoms with E-state index in [2.05, 4.69) is 12.1 Å². The summed E-state index contributed by atoms with van der Waals surface area (Å²) in [6.45, 7) is 0. The van der Waals surface area contributed by atoms with Crippen LogP contribution in [0.4, 0.5) is 26.3 Å². The van der Waals surface area contributed by atoms with Gasteiger partial charge in [0.05, 0.1) is 0 Å². The molecule has 40 heavy (non-hydrogen) atoms. The molecule has 0 unspecified atom stereocenters.